The van der Waals surface area contributed by atoms with Crippen molar-refractivity contribution in [2.24, 2.45) is 11.8 Å². The number of nitrogens with zero attached hydrogens (tertiary/aromatic N) is 1. The molecule has 1 heterocycles. The van der Waals surface area contributed by atoms with Crippen LogP contribution in [0.5, 0.6) is 0 Å². The molecule has 0 aliphatic heterocycles. The van der Waals surface area contributed by atoms with Gasteiger partial charge in [-0.15, -0.1) is 6.58 Å². The van der Waals surface area contributed by atoms with Crippen LogP contribution in [0.15, 0.2) is 36.1 Å². The van der Waals surface area contributed by atoms with Gasteiger partial charge in [-0.25, -0.2) is 4.98 Å². The van der Waals surface area contributed by atoms with Crippen molar-refractivity contribution in [1.29, 1.82) is 0 Å². The summed E-state index contributed by atoms with van der Waals surface area (Å²) in [5, 5.41) is 10.4. The zero-order valence-electron chi connectivity index (χ0n) is 16.2. The Balaban J connectivity index is 1.87. The van der Waals surface area contributed by atoms with Crippen molar-refractivity contribution in [2.45, 2.75) is 32.0 Å². The Morgan fingerprint density at radius 2 is 1.93 bits per heavy atom. The van der Waals surface area contributed by atoms with Gasteiger partial charge in [0, 0.05) is 17.4 Å². The Morgan fingerprint density at radius 1 is 1.23 bits per heavy atom. The Bertz CT molecular complexity index is 878. The summed E-state index contributed by atoms with van der Waals surface area (Å²) in [7, 11) is 0. The molecule has 1 N–H and O–H groups in total. The molecule has 2 unspecified atom stereocenters. The van der Waals surface area contributed by atoms with Gasteiger partial charge in [-0.05, 0) is 31.4 Å². The number of carbonyl (C=O) groups is 2. The lowest BCUT2D eigenvalue weighted by atomic mass is 9.83. The number of carbonyl (C=O) groups excluding carboxylic acids is 2. The van der Waals surface area contributed by atoms with Gasteiger partial charge in [0.25, 0.3) is 0 Å². The number of fused-ring (bicyclic) bond motifs is 2. The van der Waals surface area contributed by atoms with Gasteiger partial charge in [-0.2, -0.15) is 13.2 Å². The number of Topliss-reactive ketones (excluding diaryl/α,β-unsaturated/α-hetero) is 2. The standard InChI is InChI=1S/C21H22F3NO5/c1-2-7-29-8-9-30-11-15-14(5-6-16(25-15)21(22,23)24)20(28)17-18(26)12-3-4-13(10-12)19(17)27/h2,5-6,12-13,26H,1,3-4,7-11H2. The van der Waals surface area contributed by atoms with Gasteiger partial charge in [0.15, 0.2) is 5.78 Å². The van der Waals surface area contributed by atoms with E-state index >= 15 is 0 Å². The van der Waals surface area contributed by atoms with Gasteiger partial charge in [-0.3, -0.25) is 9.59 Å². The molecule has 2 atom stereocenters. The fourth-order valence-corrected chi connectivity index (χ4v) is 3.79. The maximum absolute atomic E-state index is 13.1. The molecule has 2 aliphatic rings. The monoisotopic (exact) mass is 425 g/mol. The van der Waals surface area contributed by atoms with Crippen LogP contribution < -0.4 is 0 Å². The van der Waals surface area contributed by atoms with Crippen LogP contribution in [0, 0.1) is 11.8 Å². The van der Waals surface area contributed by atoms with Crippen molar-refractivity contribution in [2.75, 3.05) is 19.8 Å². The van der Waals surface area contributed by atoms with Gasteiger partial charge in [0.2, 0.25) is 5.78 Å². The lowest BCUT2D eigenvalue weighted by Gasteiger charge is -2.21. The van der Waals surface area contributed by atoms with Crippen LogP contribution in [-0.4, -0.2) is 41.5 Å². The molecular formula is C21H22F3NO5. The summed E-state index contributed by atoms with van der Waals surface area (Å²) in [5.74, 6) is -2.17. The van der Waals surface area contributed by atoms with E-state index in [-0.39, 0.29) is 54.2 Å². The lowest BCUT2D eigenvalue weighted by molar-refractivity contribution is -0.141. The number of aliphatic hydroxyl groups excluding tert-OH is 1. The van der Waals surface area contributed by atoms with Crippen molar-refractivity contribution >= 4 is 11.6 Å². The molecule has 0 amide bonds. The first kappa shape index (κ1) is 22.2. The number of aliphatic hydroxyl groups is 1. The van der Waals surface area contributed by atoms with Crippen LogP contribution in [-0.2, 0) is 27.1 Å². The molecule has 1 fully saturated rings. The fraction of sp³-hybridized carbons (Fsp3) is 0.476. The molecule has 3 rings (SSSR count). The molecule has 1 aromatic rings. The third-order valence-electron chi connectivity index (χ3n) is 5.28. The normalized spacial score (nSPS) is 21.2. The number of ketones is 2. The molecule has 0 spiro atoms. The molecule has 162 valence electrons. The Labute approximate surface area is 171 Å². The molecule has 1 saturated carbocycles. The second kappa shape index (κ2) is 9.09. The van der Waals surface area contributed by atoms with Crippen molar-refractivity contribution in [3.8, 4) is 0 Å². The van der Waals surface area contributed by atoms with E-state index in [1.54, 1.807) is 6.08 Å². The third-order valence-corrected chi connectivity index (χ3v) is 5.28. The maximum atomic E-state index is 13.1. The molecule has 0 saturated heterocycles. The summed E-state index contributed by atoms with van der Waals surface area (Å²) in [6, 6.07) is 1.67. The minimum atomic E-state index is -4.70. The van der Waals surface area contributed by atoms with Gasteiger partial charge < -0.3 is 14.6 Å². The zero-order valence-corrected chi connectivity index (χ0v) is 16.2. The highest BCUT2D eigenvalue weighted by atomic mass is 19.4. The molecule has 2 bridgehead atoms. The molecule has 9 heteroatoms. The van der Waals surface area contributed by atoms with Gasteiger partial charge in [0.05, 0.1) is 32.1 Å². The van der Waals surface area contributed by atoms with Crippen molar-refractivity contribution in [3.63, 3.8) is 0 Å². The predicted molar refractivity (Wildman–Crippen MR) is 99.7 cm³/mol. The summed E-state index contributed by atoms with van der Waals surface area (Å²) in [4.78, 5) is 29.2. The Morgan fingerprint density at radius 3 is 2.63 bits per heavy atom. The lowest BCUT2D eigenvalue weighted by Crippen LogP contribution is -2.28. The number of aromatic nitrogens is 1. The van der Waals surface area contributed by atoms with E-state index in [4.69, 9.17) is 9.47 Å². The number of allylic oxidation sites excluding steroid dienone is 2. The second-order valence-corrected chi connectivity index (χ2v) is 7.27. The maximum Gasteiger partial charge on any atom is 0.433 e. The topological polar surface area (TPSA) is 85.7 Å². The van der Waals surface area contributed by atoms with E-state index in [0.29, 0.717) is 31.9 Å². The van der Waals surface area contributed by atoms with Crippen molar-refractivity contribution in [3.05, 3.63) is 53.1 Å². The average Bonchev–Trinajstić information content (AvgIpc) is 3.15. The van der Waals surface area contributed by atoms with Crippen LogP contribution in [0.25, 0.3) is 0 Å². The molecule has 6 nitrogen and oxygen atoms in total. The molecule has 1 aromatic heterocycles. The SMILES string of the molecule is C=CCOCCOCc1nc(C(F)(F)F)ccc1C(=O)C1=C(O)C2CCC(C2)C1=O. The van der Waals surface area contributed by atoms with Crippen LogP contribution in [0.4, 0.5) is 13.2 Å². The minimum absolute atomic E-state index is 0.0659. The predicted octanol–water partition coefficient (Wildman–Crippen LogP) is 3.81. The number of rotatable bonds is 9. The van der Waals surface area contributed by atoms with Crippen LogP contribution in [0.3, 0.4) is 0 Å². The van der Waals surface area contributed by atoms with Crippen molar-refractivity contribution in [1.82, 2.24) is 4.98 Å². The summed E-state index contributed by atoms with van der Waals surface area (Å²) < 4.78 is 49.7. The summed E-state index contributed by atoms with van der Waals surface area (Å²) in [6.07, 6.45) is -1.49. The zero-order chi connectivity index (χ0) is 21.9. The number of alkyl halides is 3. The fourth-order valence-electron chi connectivity index (χ4n) is 3.79. The van der Waals surface area contributed by atoms with Crippen LogP contribution >= 0.6 is 0 Å². The third kappa shape index (κ3) is 4.62. The van der Waals surface area contributed by atoms with E-state index in [1.807, 2.05) is 0 Å². The minimum Gasteiger partial charge on any atom is -0.511 e. The Kier molecular flexibility index (Phi) is 6.72. The molecule has 0 radical (unpaired) electrons. The highest BCUT2D eigenvalue weighted by Gasteiger charge is 2.44. The van der Waals surface area contributed by atoms with E-state index in [9.17, 15) is 27.9 Å². The quantitative estimate of drug-likeness (QED) is 0.280. The average molecular weight is 425 g/mol. The highest BCUT2D eigenvalue weighted by Crippen LogP contribution is 2.43. The first-order valence-corrected chi connectivity index (χ1v) is 9.59. The molecule has 0 aromatic carbocycles. The van der Waals surface area contributed by atoms with E-state index in [1.165, 1.54) is 0 Å². The number of hydrogen-bond acceptors (Lipinski definition) is 6. The second-order valence-electron chi connectivity index (χ2n) is 7.27. The smallest absolute Gasteiger partial charge is 0.433 e. The van der Waals surface area contributed by atoms with Gasteiger partial charge in [0.1, 0.15) is 17.0 Å². The van der Waals surface area contributed by atoms with Crippen LogP contribution in [0.2, 0.25) is 0 Å². The summed E-state index contributed by atoms with van der Waals surface area (Å²) in [6.45, 7) is 3.66. The van der Waals surface area contributed by atoms with Crippen molar-refractivity contribution < 1.29 is 37.3 Å². The number of hydrogen-bond donors (Lipinski definition) is 1. The number of pyridine rings is 1. The number of halogens is 3. The molecule has 2 aliphatic carbocycles. The van der Waals surface area contributed by atoms with E-state index in [0.717, 1.165) is 6.07 Å². The van der Waals surface area contributed by atoms with Gasteiger partial charge >= 0.3 is 6.18 Å². The summed E-state index contributed by atoms with van der Waals surface area (Å²) in [5.41, 5.74) is -1.95. The van der Waals surface area contributed by atoms with E-state index < -0.39 is 23.4 Å². The number of ether oxygens (including phenoxy) is 2. The highest BCUT2D eigenvalue weighted by molar-refractivity contribution is 6.28. The first-order chi connectivity index (χ1) is 14.2. The molecule has 30 heavy (non-hydrogen) atoms. The summed E-state index contributed by atoms with van der Waals surface area (Å²) >= 11 is 0. The first-order valence-electron chi connectivity index (χ1n) is 9.59. The van der Waals surface area contributed by atoms with Crippen LogP contribution in [0.1, 0.15) is 41.0 Å². The largest absolute Gasteiger partial charge is 0.511 e. The van der Waals surface area contributed by atoms with E-state index in [2.05, 4.69) is 11.6 Å². The van der Waals surface area contributed by atoms with Gasteiger partial charge in [-0.1, -0.05) is 6.08 Å². The molecular weight excluding hydrogens is 403 g/mol. The Hall–Kier alpha value is -2.52.